The lowest BCUT2D eigenvalue weighted by atomic mass is 10.1. The number of benzene rings is 3. The van der Waals surface area contributed by atoms with Crippen LogP contribution in [0.1, 0.15) is 23.2 Å². The van der Waals surface area contributed by atoms with Gasteiger partial charge < -0.3 is 9.47 Å². The van der Waals surface area contributed by atoms with E-state index in [1.807, 2.05) is 47.7 Å². The fraction of sp³-hybridized carbons (Fsp3) is 0.185. The second-order valence-corrected chi connectivity index (χ2v) is 10.4. The highest BCUT2D eigenvalue weighted by molar-refractivity contribution is 14.1. The Morgan fingerprint density at radius 1 is 0.743 bits per heavy atom. The van der Waals surface area contributed by atoms with Crippen LogP contribution in [0.15, 0.2) is 66.7 Å². The largest absolute Gasteiger partial charge is 0.350 e. The van der Waals surface area contributed by atoms with Crippen molar-refractivity contribution in [2.24, 2.45) is 14.1 Å². The van der Waals surface area contributed by atoms with E-state index in [2.05, 4.69) is 110 Å². The van der Waals surface area contributed by atoms with Gasteiger partial charge in [0.05, 0.1) is 16.7 Å². The van der Waals surface area contributed by atoms with Gasteiger partial charge in [0.1, 0.15) is 5.69 Å². The maximum atomic E-state index is 5.24. The minimum atomic E-state index is -0.413. The van der Waals surface area contributed by atoms with Gasteiger partial charge in [-0.05, 0) is 93.2 Å². The van der Waals surface area contributed by atoms with Gasteiger partial charge >= 0.3 is 0 Å². The highest BCUT2D eigenvalue weighted by atomic mass is 127. The number of fused-ring (bicyclic) bond motifs is 2. The summed E-state index contributed by atoms with van der Waals surface area (Å²) in [5.41, 5.74) is 5.27. The standard InChI is InChI=1S/C16H13IN2.C11H13IN2O2/c1-19-16-11-13(17)8-9-14(16)15(18-19)10-7-12-5-3-2-4-6-12;1-14-9-6-7(12)4-5-8(9)10(13-14)11(15-2)16-3/h2-11H,1H3;4-6,11H,1-3H3/b10-7+;. The summed E-state index contributed by atoms with van der Waals surface area (Å²) >= 11 is 4.61. The Labute approximate surface area is 232 Å². The quantitative estimate of drug-likeness (QED) is 0.150. The van der Waals surface area contributed by atoms with Crippen LogP contribution >= 0.6 is 45.2 Å². The molecule has 2 aromatic heterocycles. The molecule has 5 aromatic rings. The lowest BCUT2D eigenvalue weighted by Gasteiger charge is -2.10. The number of methoxy groups -OCH3 is 2. The summed E-state index contributed by atoms with van der Waals surface area (Å²) in [5.74, 6) is 0. The monoisotopic (exact) mass is 692 g/mol. The average molecular weight is 692 g/mol. The van der Waals surface area contributed by atoms with Gasteiger partial charge in [0, 0.05) is 46.2 Å². The lowest BCUT2D eigenvalue weighted by Crippen LogP contribution is -2.05. The lowest BCUT2D eigenvalue weighted by molar-refractivity contribution is -0.108. The number of rotatable bonds is 5. The molecule has 0 radical (unpaired) electrons. The van der Waals surface area contributed by atoms with Crippen molar-refractivity contribution in [3.8, 4) is 0 Å². The van der Waals surface area contributed by atoms with Crippen molar-refractivity contribution in [1.82, 2.24) is 19.6 Å². The number of hydrogen-bond donors (Lipinski definition) is 0. The molecule has 0 fully saturated rings. The summed E-state index contributed by atoms with van der Waals surface area (Å²) < 4.78 is 16.7. The Balaban J connectivity index is 0.000000168. The molecule has 6 nitrogen and oxygen atoms in total. The minimum Gasteiger partial charge on any atom is -0.350 e. The number of aromatic nitrogens is 4. The SMILES string of the molecule is COC(OC)c1nn(C)c2cc(I)ccc12.Cn1nc(/C=C/c2ccccc2)c2ccc(I)cc21. The minimum absolute atomic E-state index is 0.413. The van der Waals surface area contributed by atoms with Crippen LogP contribution in [0.3, 0.4) is 0 Å². The van der Waals surface area contributed by atoms with Gasteiger partial charge in [-0.3, -0.25) is 9.36 Å². The van der Waals surface area contributed by atoms with E-state index >= 15 is 0 Å². The van der Waals surface area contributed by atoms with Crippen LogP contribution in [-0.4, -0.2) is 33.8 Å². The predicted molar refractivity (Wildman–Crippen MR) is 159 cm³/mol. The molecule has 0 N–H and O–H groups in total. The first-order valence-electron chi connectivity index (χ1n) is 10.9. The Bertz CT molecular complexity index is 1470. The summed E-state index contributed by atoms with van der Waals surface area (Å²) in [4.78, 5) is 0. The first-order chi connectivity index (χ1) is 16.9. The topological polar surface area (TPSA) is 54.1 Å². The maximum absolute atomic E-state index is 5.24. The van der Waals surface area contributed by atoms with Gasteiger partial charge in [-0.2, -0.15) is 10.2 Å². The van der Waals surface area contributed by atoms with Crippen molar-refractivity contribution in [3.05, 3.63) is 90.8 Å². The first kappa shape index (κ1) is 25.8. The summed E-state index contributed by atoms with van der Waals surface area (Å²) in [6.07, 6.45) is 3.76. The number of hydrogen-bond acceptors (Lipinski definition) is 4. The third-order valence-electron chi connectivity index (χ3n) is 5.57. The second-order valence-electron chi connectivity index (χ2n) is 7.89. The fourth-order valence-corrected chi connectivity index (χ4v) is 4.82. The van der Waals surface area contributed by atoms with Gasteiger partial charge in [0.15, 0.2) is 0 Å². The van der Waals surface area contributed by atoms with Gasteiger partial charge in [0.25, 0.3) is 0 Å². The molecule has 0 spiro atoms. The summed E-state index contributed by atoms with van der Waals surface area (Å²) in [6.45, 7) is 0. The van der Waals surface area contributed by atoms with Crippen molar-refractivity contribution in [2.75, 3.05) is 14.2 Å². The van der Waals surface area contributed by atoms with E-state index in [4.69, 9.17) is 9.47 Å². The molecule has 0 amide bonds. The summed E-state index contributed by atoms with van der Waals surface area (Å²) in [6, 6.07) is 22.9. The molecule has 2 heterocycles. The molecule has 0 aliphatic carbocycles. The molecule has 0 saturated heterocycles. The Hall–Kier alpha value is -2.28. The van der Waals surface area contributed by atoms with Crippen LogP contribution < -0.4 is 0 Å². The van der Waals surface area contributed by atoms with Crippen molar-refractivity contribution in [3.63, 3.8) is 0 Å². The van der Waals surface area contributed by atoms with Crippen molar-refractivity contribution in [1.29, 1.82) is 0 Å². The predicted octanol–water partition coefficient (Wildman–Crippen LogP) is 6.82. The van der Waals surface area contributed by atoms with Crippen LogP contribution in [-0.2, 0) is 23.6 Å². The molecule has 0 unspecified atom stereocenters. The second kappa shape index (κ2) is 11.6. The molecule has 3 aromatic carbocycles. The number of ether oxygens (including phenoxy) is 2. The average Bonchev–Trinajstić information content (AvgIpc) is 3.35. The molecule has 0 aliphatic rings. The van der Waals surface area contributed by atoms with Gasteiger partial charge in [-0.1, -0.05) is 36.4 Å². The first-order valence-corrected chi connectivity index (χ1v) is 13.1. The van der Waals surface area contributed by atoms with Crippen LogP contribution in [0.5, 0.6) is 0 Å². The van der Waals surface area contributed by atoms with E-state index in [1.54, 1.807) is 14.2 Å². The molecule has 0 saturated carbocycles. The highest BCUT2D eigenvalue weighted by Gasteiger charge is 2.18. The molecule has 0 aliphatic heterocycles. The zero-order chi connectivity index (χ0) is 24.9. The maximum Gasteiger partial charge on any atom is 0.203 e. The van der Waals surface area contributed by atoms with Gasteiger partial charge in [-0.25, -0.2) is 0 Å². The van der Waals surface area contributed by atoms with E-state index in [0.29, 0.717) is 0 Å². The number of aryl methyl sites for hydroxylation is 2. The molecule has 35 heavy (non-hydrogen) atoms. The van der Waals surface area contributed by atoms with E-state index in [9.17, 15) is 0 Å². The molecule has 180 valence electrons. The Morgan fingerprint density at radius 2 is 1.31 bits per heavy atom. The van der Waals surface area contributed by atoms with Gasteiger partial charge in [-0.15, -0.1) is 0 Å². The summed E-state index contributed by atoms with van der Waals surface area (Å²) in [5, 5.41) is 11.3. The molecule has 8 heteroatoms. The Morgan fingerprint density at radius 3 is 1.94 bits per heavy atom. The van der Waals surface area contributed by atoms with Crippen molar-refractivity contribution in [2.45, 2.75) is 6.29 Å². The summed E-state index contributed by atoms with van der Waals surface area (Å²) in [7, 11) is 7.13. The Kier molecular flexibility index (Phi) is 8.58. The zero-order valence-electron chi connectivity index (χ0n) is 19.9. The molecule has 0 bridgehead atoms. The molecule has 0 atom stereocenters. The van der Waals surface area contributed by atoms with E-state index < -0.39 is 6.29 Å². The fourth-order valence-electron chi connectivity index (χ4n) is 3.87. The number of halogens is 2. The molecular formula is C27H26I2N4O2. The molecular weight excluding hydrogens is 666 g/mol. The van der Waals surface area contributed by atoms with E-state index in [-0.39, 0.29) is 0 Å². The van der Waals surface area contributed by atoms with Crippen LogP contribution in [0.25, 0.3) is 34.0 Å². The highest BCUT2D eigenvalue weighted by Crippen LogP contribution is 2.27. The smallest absolute Gasteiger partial charge is 0.203 e. The number of nitrogens with zero attached hydrogens (tertiary/aromatic N) is 4. The van der Waals surface area contributed by atoms with Crippen molar-refractivity contribution >= 4 is 79.1 Å². The molecule has 5 rings (SSSR count). The van der Waals surface area contributed by atoms with E-state index in [0.717, 1.165) is 22.3 Å². The van der Waals surface area contributed by atoms with Gasteiger partial charge in [0.2, 0.25) is 6.29 Å². The third-order valence-corrected chi connectivity index (χ3v) is 6.91. The van der Waals surface area contributed by atoms with Crippen LogP contribution in [0.4, 0.5) is 0 Å². The third kappa shape index (κ3) is 5.93. The van der Waals surface area contributed by atoms with Crippen LogP contribution in [0.2, 0.25) is 0 Å². The van der Waals surface area contributed by atoms with E-state index in [1.165, 1.54) is 23.6 Å². The zero-order valence-corrected chi connectivity index (χ0v) is 24.3. The van der Waals surface area contributed by atoms with Crippen LogP contribution in [0, 0.1) is 7.14 Å². The van der Waals surface area contributed by atoms with Crippen molar-refractivity contribution < 1.29 is 9.47 Å². The normalized spacial score (nSPS) is 11.5.